The molecule has 0 aromatic carbocycles. The van der Waals surface area contributed by atoms with E-state index in [-0.39, 0.29) is 17.0 Å². The van der Waals surface area contributed by atoms with Crippen molar-refractivity contribution < 1.29 is 9.18 Å². The number of halogens is 1. The van der Waals surface area contributed by atoms with Crippen molar-refractivity contribution in [1.29, 1.82) is 0 Å². The smallest absolute Gasteiger partial charge is 0.227 e. The molecule has 6 heterocycles. The fraction of sp³-hybridized carbons (Fsp3) is 0.120. The summed E-state index contributed by atoms with van der Waals surface area (Å²) in [5.74, 6) is 0.691. The van der Waals surface area contributed by atoms with Gasteiger partial charge in [-0.15, -0.1) is 11.3 Å². The Kier molecular flexibility index (Phi) is 4.64. The van der Waals surface area contributed by atoms with Crippen molar-refractivity contribution in [2.75, 3.05) is 5.32 Å². The van der Waals surface area contributed by atoms with Crippen LogP contribution in [0.25, 0.3) is 55.3 Å². The number of thiophene rings is 1. The lowest BCUT2D eigenvalue weighted by Crippen LogP contribution is -2.13. The molecular weight excluding hydrogens is 479 g/mol. The number of imidazole rings is 1. The topological polar surface area (TPSA) is 125 Å². The van der Waals surface area contributed by atoms with Crippen molar-refractivity contribution >= 4 is 44.9 Å². The molecule has 176 valence electrons. The molecule has 0 unspecified atom stereocenters. The lowest BCUT2D eigenvalue weighted by atomic mass is 10.1. The third-order valence-electron chi connectivity index (χ3n) is 6.13. The van der Waals surface area contributed by atoms with Crippen LogP contribution in [0.3, 0.4) is 0 Å². The number of rotatable bonds is 5. The van der Waals surface area contributed by atoms with Crippen LogP contribution in [0.15, 0.2) is 55.1 Å². The van der Waals surface area contributed by atoms with Gasteiger partial charge < -0.3 is 10.3 Å². The molecule has 1 amide bonds. The van der Waals surface area contributed by atoms with E-state index in [1.54, 1.807) is 30.9 Å². The number of nitrogens with one attached hydrogen (secondary N) is 3. The predicted molar refractivity (Wildman–Crippen MR) is 135 cm³/mol. The normalized spacial score (nSPS) is 13.5. The van der Waals surface area contributed by atoms with Gasteiger partial charge in [0.1, 0.15) is 16.9 Å². The Morgan fingerprint density at radius 2 is 1.97 bits per heavy atom. The van der Waals surface area contributed by atoms with Crippen LogP contribution < -0.4 is 5.32 Å². The number of hydrogen-bond donors (Lipinski definition) is 3. The van der Waals surface area contributed by atoms with Crippen molar-refractivity contribution in [2.45, 2.75) is 12.8 Å². The summed E-state index contributed by atoms with van der Waals surface area (Å²) in [6.07, 6.45) is 8.59. The Bertz CT molecular complexity index is 1780. The molecule has 0 atom stereocenters. The Hall–Kier alpha value is -4.51. The molecular formula is C25H17FN8OS. The number of hydrogen-bond acceptors (Lipinski definition) is 7. The van der Waals surface area contributed by atoms with Crippen LogP contribution in [0.2, 0.25) is 0 Å². The third-order valence-corrected chi connectivity index (χ3v) is 7.01. The first kappa shape index (κ1) is 20.8. The number of aromatic nitrogens is 7. The fourth-order valence-corrected chi connectivity index (χ4v) is 4.89. The molecule has 9 nitrogen and oxygen atoms in total. The van der Waals surface area contributed by atoms with Crippen LogP contribution in [-0.4, -0.2) is 41.0 Å². The molecule has 1 saturated carbocycles. The molecule has 36 heavy (non-hydrogen) atoms. The van der Waals surface area contributed by atoms with Gasteiger partial charge in [0.2, 0.25) is 5.91 Å². The molecule has 0 spiro atoms. The summed E-state index contributed by atoms with van der Waals surface area (Å²) in [5, 5.41) is 11.0. The second kappa shape index (κ2) is 8.02. The zero-order valence-electron chi connectivity index (χ0n) is 18.6. The van der Waals surface area contributed by atoms with E-state index >= 15 is 0 Å². The minimum Gasteiger partial charge on any atom is -0.336 e. The first-order valence-corrected chi connectivity index (χ1v) is 12.2. The third kappa shape index (κ3) is 3.60. The summed E-state index contributed by atoms with van der Waals surface area (Å²) in [4.78, 5) is 34.2. The molecule has 6 aromatic rings. The number of nitrogens with zero attached hydrogens (tertiary/aromatic N) is 5. The number of H-pyrrole nitrogens is 2. The number of carbonyl (C=O) groups excluding carboxylic acids is 1. The molecule has 11 heteroatoms. The maximum atomic E-state index is 13.6. The summed E-state index contributed by atoms with van der Waals surface area (Å²) >= 11 is 1.03. The zero-order chi connectivity index (χ0) is 24.2. The highest BCUT2D eigenvalue weighted by molar-refractivity contribution is 7.13. The summed E-state index contributed by atoms with van der Waals surface area (Å²) in [7, 11) is 0. The molecule has 0 aliphatic heterocycles. The van der Waals surface area contributed by atoms with Gasteiger partial charge in [0.05, 0.1) is 39.7 Å². The molecule has 6 aromatic heterocycles. The second-order valence-electron chi connectivity index (χ2n) is 8.66. The van der Waals surface area contributed by atoms with E-state index in [0.29, 0.717) is 39.0 Å². The first-order chi connectivity index (χ1) is 17.6. The van der Waals surface area contributed by atoms with Crippen molar-refractivity contribution in [3.63, 3.8) is 0 Å². The molecule has 0 bridgehead atoms. The van der Waals surface area contributed by atoms with Crippen LogP contribution in [0.1, 0.15) is 12.8 Å². The summed E-state index contributed by atoms with van der Waals surface area (Å²) < 4.78 is 13.6. The average Bonchev–Trinajstić information content (AvgIpc) is 3.30. The second-order valence-corrected chi connectivity index (χ2v) is 9.69. The highest BCUT2D eigenvalue weighted by atomic mass is 32.1. The largest absolute Gasteiger partial charge is 0.336 e. The van der Waals surface area contributed by atoms with Crippen LogP contribution >= 0.6 is 11.3 Å². The molecule has 0 radical (unpaired) electrons. The molecule has 1 aliphatic rings. The Balaban J connectivity index is 1.28. The maximum Gasteiger partial charge on any atom is 0.227 e. The summed E-state index contributed by atoms with van der Waals surface area (Å²) in [5.41, 5.74) is 5.50. The van der Waals surface area contributed by atoms with E-state index in [1.165, 1.54) is 6.07 Å². The number of pyridine rings is 3. The fourth-order valence-electron chi connectivity index (χ4n) is 4.16. The van der Waals surface area contributed by atoms with Crippen molar-refractivity contribution in [2.24, 2.45) is 5.92 Å². The number of aromatic amines is 2. The Morgan fingerprint density at radius 1 is 1.06 bits per heavy atom. The van der Waals surface area contributed by atoms with Crippen LogP contribution in [-0.2, 0) is 4.79 Å². The van der Waals surface area contributed by atoms with Gasteiger partial charge in [-0.25, -0.2) is 4.98 Å². The number of carbonyl (C=O) groups is 1. The number of anilines is 1. The van der Waals surface area contributed by atoms with Crippen LogP contribution in [0, 0.1) is 11.0 Å². The van der Waals surface area contributed by atoms with Crippen molar-refractivity contribution in [3.05, 3.63) is 60.3 Å². The maximum absolute atomic E-state index is 13.6. The van der Waals surface area contributed by atoms with Gasteiger partial charge in [-0.05, 0) is 43.2 Å². The lowest BCUT2D eigenvalue weighted by Gasteiger charge is -2.06. The quantitative estimate of drug-likeness (QED) is 0.302. The van der Waals surface area contributed by atoms with Gasteiger partial charge in [0.25, 0.3) is 0 Å². The van der Waals surface area contributed by atoms with E-state index in [4.69, 9.17) is 4.98 Å². The minimum atomic E-state index is -0.274. The molecule has 1 aliphatic carbocycles. The van der Waals surface area contributed by atoms with E-state index in [2.05, 4.69) is 35.5 Å². The van der Waals surface area contributed by atoms with Crippen LogP contribution in [0.4, 0.5) is 10.1 Å². The van der Waals surface area contributed by atoms with Crippen molar-refractivity contribution in [3.8, 4) is 33.3 Å². The highest BCUT2D eigenvalue weighted by Gasteiger charge is 2.29. The molecule has 0 saturated heterocycles. The number of amides is 1. The van der Waals surface area contributed by atoms with Crippen molar-refractivity contribution in [1.82, 2.24) is 35.1 Å². The van der Waals surface area contributed by atoms with Gasteiger partial charge in [0, 0.05) is 29.3 Å². The number of fused-ring (bicyclic) bond motifs is 2. The first-order valence-electron chi connectivity index (χ1n) is 11.3. The molecule has 7 rings (SSSR count). The Morgan fingerprint density at radius 3 is 2.81 bits per heavy atom. The lowest BCUT2D eigenvalue weighted by molar-refractivity contribution is -0.117. The highest BCUT2D eigenvalue weighted by Crippen LogP contribution is 2.34. The van der Waals surface area contributed by atoms with E-state index in [1.807, 2.05) is 18.2 Å². The molecule has 1 fully saturated rings. The minimum absolute atomic E-state index is 0.0264. The zero-order valence-corrected chi connectivity index (χ0v) is 19.4. The van der Waals surface area contributed by atoms with Gasteiger partial charge in [-0.3, -0.25) is 24.8 Å². The summed E-state index contributed by atoms with van der Waals surface area (Å²) in [6, 6.07) is 8.73. The van der Waals surface area contributed by atoms with E-state index < -0.39 is 0 Å². The van der Waals surface area contributed by atoms with Gasteiger partial charge in [0.15, 0.2) is 11.0 Å². The average molecular weight is 497 g/mol. The SMILES string of the molecule is O=C(Nc1cncc(-c2cc3c(-c4nc5c(-c6ccc(F)s6)nccc5[nH]4)n[nH]c3cn2)c1)C1CC1. The standard InChI is InChI=1S/C25H17FN8OS/c26-20-4-3-19(36-20)23-22-16(5-6-28-23)31-24(32-22)21-15-8-17(29-11-18(15)33-34-21)13-7-14(10-27-9-13)30-25(35)12-1-2-12/h3-12H,1-2H2,(H,30,35)(H,31,32)(H,33,34). The summed E-state index contributed by atoms with van der Waals surface area (Å²) in [6.45, 7) is 0. The van der Waals surface area contributed by atoms with Gasteiger partial charge in [-0.2, -0.15) is 9.49 Å². The Labute approximate surface area is 206 Å². The predicted octanol–water partition coefficient (Wildman–Crippen LogP) is 5.17. The van der Waals surface area contributed by atoms with E-state index in [0.717, 1.165) is 46.2 Å². The monoisotopic (exact) mass is 496 g/mol. The molecule has 3 N–H and O–H groups in total. The van der Waals surface area contributed by atoms with E-state index in [9.17, 15) is 9.18 Å². The van der Waals surface area contributed by atoms with Gasteiger partial charge >= 0.3 is 0 Å². The van der Waals surface area contributed by atoms with Crippen LogP contribution in [0.5, 0.6) is 0 Å². The van der Waals surface area contributed by atoms with Gasteiger partial charge in [-0.1, -0.05) is 0 Å².